The highest BCUT2D eigenvalue weighted by atomic mass is 14.7. The van der Waals surface area contributed by atoms with Crippen molar-refractivity contribution >= 4 is 58.6 Å². The van der Waals surface area contributed by atoms with Crippen molar-refractivity contribution in [3.63, 3.8) is 0 Å². The topological polar surface area (TPSA) is 25.8 Å². The van der Waals surface area contributed by atoms with E-state index in [4.69, 9.17) is 9.97 Å². The zero-order valence-corrected chi connectivity index (χ0v) is 30.6. The van der Waals surface area contributed by atoms with E-state index in [2.05, 4.69) is 179 Å². The van der Waals surface area contributed by atoms with Crippen molar-refractivity contribution in [3.05, 3.63) is 213 Å². The van der Waals surface area contributed by atoms with Crippen molar-refractivity contribution in [3.8, 4) is 22.4 Å². The first kappa shape index (κ1) is 34.2. The maximum Gasteiger partial charge on any atom is 0.0782 e. The summed E-state index contributed by atoms with van der Waals surface area (Å²) in [6.45, 7) is 12.9. The fraction of sp³-hybridized carbons (Fsp3) is 0.0385. The molecule has 2 heterocycles. The van der Waals surface area contributed by atoms with E-state index in [1.165, 1.54) is 11.1 Å². The van der Waals surface area contributed by atoms with Crippen LogP contribution in [0.3, 0.4) is 0 Å². The quantitative estimate of drug-likeness (QED) is 0.166. The van der Waals surface area contributed by atoms with E-state index >= 15 is 0 Å². The number of benzene rings is 6. The molecule has 54 heavy (non-hydrogen) atoms. The summed E-state index contributed by atoms with van der Waals surface area (Å²) >= 11 is 0. The normalized spacial score (nSPS) is 12.7. The number of nitrogens with zero attached hydrogens (tertiary/aromatic N) is 2. The zero-order valence-electron chi connectivity index (χ0n) is 30.6. The lowest BCUT2D eigenvalue weighted by Crippen LogP contribution is -2.11. The van der Waals surface area contributed by atoms with Crippen LogP contribution in [0.1, 0.15) is 40.3 Å². The van der Waals surface area contributed by atoms with E-state index in [0.717, 1.165) is 87.3 Å². The van der Waals surface area contributed by atoms with E-state index < -0.39 is 0 Å². The van der Waals surface area contributed by atoms with Gasteiger partial charge in [0.05, 0.1) is 16.6 Å². The molecule has 0 fully saturated rings. The molecule has 6 aromatic carbocycles. The van der Waals surface area contributed by atoms with Gasteiger partial charge >= 0.3 is 0 Å². The van der Waals surface area contributed by atoms with Gasteiger partial charge < -0.3 is 0 Å². The molecule has 0 spiro atoms. The molecule has 0 N–H and O–H groups in total. The van der Waals surface area contributed by atoms with Crippen LogP contribution in [-0.4, -0.2) is 9.97 Å². The number of fused-ring (bicyclic) bond motifs is 2. The van der Waals surface area contributed by atoms with Crippen molar-refractivity contribution < 1.29 is 0 Å². The van der Waals surface area contributed by atoms with E-state index in [9.17, 15) is 0 Å². The second kappa shape index (κ2) is 15.0. The average Bonchev–Trinajstić information content (AvgIpc) is 3.22. The number of allylic oxidation sites excluding steroid dienone is 1. The highest BCUT2D eigenvalue weighted by Crippen LogP contribution is 2.40. The molecule has 0 atom stereocenters. The molecule has 0 aliphatic rings. The van der Waals surface area contributed by atoms with Gasteiger partial charge in [0.1, 0.15) is 0 Å². The minimum Gasteiger partial charge on any atom is -0.256 e. The molecule has 8 rings (SSSR count). The standard InChI is InChI=1S/C52H40N2/c1-5-18-42-36(4)47(32-39-22-11-14-25-44(39)52-35(3)31-40-23-12-17-28-49(40)54-52)45-26-15-16-27-46(45)51(42)50-33-48(43-24-13-10-21-38(43)6-2)41(34-53-50)30-29-37-19-8-7-9-20-37/h5-34H,2-3H2,1,4H3/b18-5-,30-29-,39-32+,52-44+. The minimum absolute atomic E-state index is 0.894. The van der Waals surface area contributed by atoms with Gasteiger partial charge in [-0.05, 0) is 98.3 Å². The smallest absolute Gasteiger partial charge is 0.0782 e. The molecule has 0 aliphatic heterocycles. The van der Waals surface area contributed by atoms with Gasteiger partial charge in [-0.15, -0.1) is 0 Å². The molecule has 0 bridgehead atoms. The van der Waals surface area contributed by atoms with Gasteiger partial charge in [0, 0.05) is 27.9 Å². The lowest BCUT2D eigenvalue weighted by Gasteiger charge is -2.19. The largest absolute Gasteiger partial charge is 0.256 e. The molecule has 2 nitrogen and oxygen atoms in total. The number of aromatic nitrogens is 2. The summed E-state index contributed by atoms with van der Waals surface area (Å²) in [6.07, 6.45) is 14.9. The number of pyridine rings is 2. The Morgan fingerprint density at radius 2 is 1.35 bits per heavy atom. The monoisotopic (exact) mass is 692 g/mol. The number of rotatable bonds is 7. The lowest BCUT2D eigenvalue weighted by molar-refractivity contribution is 1.25. The van der Waals surface area contributed by atoms with E-state index in [-0.39, 0.29) is 0 Å². The Kier molecular flexibility index (Phi) is 9.49. The molecule has 2 aromatic heterocycles. The van der Waals surface area contributed by atoms with Crippen LogP contribution in [0.5, 0.6) is 0 Å². The number of hydrogen-bond donors (Lipinski definition) is 0. The third kappa shape index (κ3) is 6.51. The Morgan fingerprint density at radius 3 is 2.19 bits per heavy atom. The van der Waals surface area contributed by atoms with Crippen LogP contribution in [0.4, 0.5) is 0 Å². The Morgan fingerprint density at radius 1 is 0.630 bits per heavy atom. The first-order valence-electron chi connectivity index (χ1n) is 18.3. The van der Waals surface area contributed by atoms with Crippen LogP contribution in [0.15, 0.2) is 158 Å². The summed E-state index contributed by atoms with van der Waals surface area (Å²) in [5.74, 6) is 0. The number of para-hydroxylation sites is 1. The number of hydrogen-bond acceptors (Lipinski definition) is 2. The first-order valence-corrected chi connectivity index (χ1v) is 18.3. The van der Waals surface area contributed by atoms with Crippen molar-refractivity contribution in [1.82, 2.24) is 9.97 Å². The van der Waals surface area contributed by atoms with Crippen LogP contribution in [0.25, 0.3) is 81.0 Å². The molecule has 0 saturated carbocycles. The van der Waals surface area contributed by atoms with Crippen molar-refractivity contribution in [2.45, 2.75) is 13.8 Å². The maximum atomic E-state index is 5.20. The van der Waals surface area contributed by atoms with Crippen molar-refractivity contribution in [2.75, 3.05) is 0 Å². The van der Waals surface area contributed by atoms with E-state index in [0.29, 0.717) is 0 Å². The van der Waals surface area contributed by atoms with Crippen molar-refractivity contribution in [2.24, 2.45) is 0 Å². The molecule has 0 radical (unpaired) electrons. The highest BCUT2D eigenvalue weighted by Gasteiger charge is 2.19. The lowest BCUT2D eigenvalue weighted by atomic mass is 9.86. The van der Waals surface area contributed by atoms with Gasteiger partial charge in [-0.3, -0.25) is 4.98 Å². The summed E-state index contributed by atoms with van der Waals surface area (Å²) in [6, 6.07) is 48.6. The van der Waals surface area contributed by atoms with Gasteiger partial charge in [-0.25, -0.2) is 4.98 Å². The van der Waals surface area contributed by atoms with Crippen molar-refractivity contribution in [1.29, 1.82) is 0 Å². The first-order chi connectivity index (χ1) is 26.5. The van der Waals surface area contributed by atoms with Gasteiger partial charge in [-0.1, -0.05) is 165 Å². The Bertz CT molecular complexity index is 2990. The summed E-state index contributed by atoms with van der Waals surface area (Å²) in [7, 11) is 0. The van der Waals surface area contributed by atoms with Crippen LogP contribution in [0.2, 0.25) is 0 Å². The third-order valence-electron chi connectivity index (χ3n) is 10.1. The highest BCUT2D eigenvalue weighted by molar-refractivity contribution is 6.06. The van der Waals surface area contributed by atoms with E-state index in [1.54, 1.807) is 0 Å². The Balaban J connectivity index is 1.40. The second-order valence-corrected chi connectivity index (χ2v) is 13.5. The summed E-state index contributed by atoms with van der Waals surface area (Å²) in [5.41, 5.74) is 12.0. The maximum absolute atomic E-state index is 5.20. The van der Waals surface area contributed by atoms with Gasteiger partial charge in [-0.2, -0.15) is 0 Å². The molecular formula is C52H40N2. The molecule has 0 amide bonds. The molecule has 2 heteroatoms. The Labute approximate surface area is 316 Å². The second-order valence-electron chi connectivity index (χ2n) is 13.5. The van der Waals surface area contributed by atoms with E-state index in [1.807, 2.05) is 30.5 Å². The predicted molar refractivity (Wildman–Crippen MR) is 232 cm³/mol. The molecule has 0 unspecified atom stereocenters. The molecule has 8 aromatic rings. The Hall–Kier alpha value is -6.90. The molecule has 0 saturated heterocycles. The van der Waals surface area contributed by atoms with Gasteiger partial charge in [0.2, 0.25) is 0 Å². The van der Waals surface area contributed by atoms with Gasteiger partial charge in [0.15, 0.2) is 0 Å². The van der Waals surface area contributed by atoms with Crippen LogP contribution in [0, 0.1) is 17.5 Å². The fourth-order valence-corrected chi connectivity index (χ4v) is 7.48. The summed E-state index contributed by atoms with van der Waals surface area (Å²) in [5, 5.41) is 7.34. The molecule has 0 aliphatic carbocycles. The fourth-order valence-electron chi connectivity index (χ4n) is 7.48. The SMILES string of the molecule is C=Cc1ccccc1-c1cc(-c2c(/C=C\C)c(C)c(/C=c3\cccc\c3=c3/nc4ccccc4cc3=C)c3ccccc23)ncc1/C=C\c1ccccc1. The molecule has 258 valence electrons. The van der Waals surface area contributed by atoms with Gasteiger partial charge in [0.25, 0.3) is 0 Å². The minimum atomic E-state index is 0.894. The van der Waals surface area contributed by atoms with Crippen LogP contribution in [-0.2, 0) is 0 Å². The molecular weight excluding hydrogens is 653 g/mol. The third-order valence-corrected chi connectivity index (χ3v) is 10.1. The summed E-state index contributed by atoms with van der Waals surface area (Å²) < 4.78 is 0. The van der Waals surface area contributed by atoms with Crippen LogP contribution >= 0.6 is 0 Å². The predicted octanol–water partition coefficient (Wildman–Crippen LogP) is 11.8. The zero-order chi connectivity index (χ0) is 37.0. The average molecular weight is 693 g/mol. The summed E-state index contributed by atoms with van der Waals surface area (Å²) in [4.78, 5) is 10.3. The van der Waals surface area contributed by atoms with Crippen LogP contribution < -0.4 is 10.4 Å².